The van der Waals surface area contributed by atoms with Gasteiger partial charge in [-0.3, -0.25) is 14.9 Å². The van der Waals surface area contributed by atoms with E-state index in [2.05, 4.69) is 5.32 Å². The van der Waals surface area contributed by atoms with E-state index in [4.69, 9.17) is 16.3 Å². The molecular weight excluding hydrogens is 466 g/mol. The molecule has 0 aromatic heterocycles. The Kier molecular flexibility index (Phi) is 7.05. The van der Waals surface area contributed by atoms with Gasteiger partial charge in [0.05, 0.1) is 4.92 Å². The Morgan fingerprint density at radius 1 is 1.03 bits per heavy atom. The number of nitrogens with zero attached hydrogens (tertiary/aromatic N) is 2. The quantitative estimate of drug-likeness (QED) is 0.139. The molecule has 0 aliphatic heterocycles. The van der Waals surface area contributed by atoms with E-state index in [1.807, 2.05) is 54.6 Å². The smallest absolute Gasteiger partial charge is 0.292 e. The number of fused-ring (bicyclic) bond motifs is 1. The van der Waals surface area contributed by atoms with Gasteiger partial charge in [-0.2, -0.15) is 5.26 Å². The van der Waals surface area contributed by atoms with Crippen LogP contribution in [-0.4, -0.2) is 10.8 Å². The number of nitro benzene ring substituents is 1. The number of carbonyl (C=O) groups excluding carboxylic acids is 1. The average Bonchev–Trinajstić information content (AvgIpc) is 2.87. The summed E-state index contributed by atoms with van der Waals surface area (Å²) in [5, 5.41) is 25.7. The van der Waals surface area contributed by atoms with Crippen molar-refractivity contribution in [1.82, 2.24) is 0 Å². The summed E-state index contributed by atoms with van der Waals surface area (Å²) in [5.74, 6) is -0.318. The number of benzene rings is 4. The summed E-state index contributed by atoms with van der Waals surface area (Å²) in [7, 11) is 0. The number of anilines is 1. The number of para-hydroxylation sites is 2. The first-order valence-electron chi connectivity index (χ1n) is 10.5. The maximum Gasteiger partial charge on any atom is 0.292 e. The summed E-state index contributed by atoms with van der Waals surface area (Å²) in [6.45, 7) is 0.184. The van der Waals surface area contributed by atoms with E-state index in [1.54, 1.807) is 18.2 Å². The van der Waals surface area contributed by atoms with Crippen molar-refractivity contribution in [2.24, 2.45) is 0 Å². The number of halogens is 1. The predicted molar refractivity (Wildman–Crippen MR) is 135 cm³/mol. The van der Waals surface area contributed by atoms with E-state index in [9.17, 15) is 20.2 Å². The molecule has 0 heterocycles. The Morgan fingerprint density at radius 2 is 1.74 bits per heavy atom. The molecule has 1 N–H and O–H groups in total. The third-order valence-corrected chi connectivity index (χ3v) is 5.64. The Balaban J connectivity index is 1.72. The van der Waals surface area contributed by atoms with E-state index in [0.29, 0.717) is 16.3 Å². The lowest BCUT2D eigenvalue weighted by Gasteiger charge is -2.13. The summed E-state index contributed by atoms with van der Waals surface area (Å²) >= 11 is 6.25. The minimum Gasteiger partial charge on any atom is -0.488 e. The number of rotatable bonds is 7. The zero-order valence-corrected chi connectivity index (χ0v) is 19.0. The molecular formula is C27H18ClN3O4. The number of nitriles is 1. The highest BCUT2D eigenvalue weighted by molar-refractivity contribution is 6.31. The van der Waals surface area contributed by atoms with Crippen molar-refractivity contribution < 1.29 is 14.5 Å². The molecule has 0 radical (unpaired) electrons. The molecule has 4 rings (SSSR count). The maximum atomic E-state index is 12.9. The van der Waals surface area contributed by atoms with Crippen molar-refractivity contribution in [2.75, 3.05) is 5.32 Å². The number of nitro groups is 1. The molecule has 35 heavy (non-hydrogen) atoms. The SMILES string of the molecule is N#CC(=Cc1c(OCc2ccccc2Cl)ccc2ccccc12)C(=O)Nc1ccccc1[N+](=O)[O-]. The van der Waals surface area contributed by atoms with Gasteiger partial charge in [0.2, 0.25) is 0 Å². The summed E-state index contributed by atoms with van der Waals surface area (Å²) in [5.41, 5.74) is 0.808. The third-order valence-electron chi connectivity index (χ3n) is 5.27. The molecule has 0 aliphatic carbocycles. The van der Waals surface area contributed by atoms with Crippen molar-refractivity contribution in [3.63, 3.8) is 0 Å². The molecule has 0 fully saturated rings. The summed E-state index contributed by atoms with van der Waals surface area (Å²) in [6.07, 6.45) is 1.42. The van der Waals surface area contributed by atoms with Crippen molar-refractivity contribution in [3.05, 3.63) is 117 Å². The molecule has 0 saturated carbocycles. The van der Waals surface area contributed by atoms with Crippen molar-refractivity contribution in [1.29, 1.82) is 5.26 Å². The molecule has 4 aromatic rings. The maximum absolute atomic E-state index is 12.9. The van der Waals surface area contributed by atoms with Crippen LogP contribution in [0, 0.1) is 21.4 Å². The number of ether oxygens (including phenoxy) is 1. The first-order valence-corrected chi connectivity index (χ1v) is 10.9. The van der Waals surface area contributed by atoms with E-state index in [0.717, 1.165) is 16.3 Å². The summed E-state index contributed by atoms with van der Waals surface area (Å²) < 4.78 is 6.05. The first-order chi connectivity index (χ1) is 17.0. The van der Waals surface area contributed by atoms with Crippen molar-refractivity contribution >= 4 is 45.7 Å². The van der Waals surface area contributed by atoms with Crippen LogP contribution >= 0.6 is 11.6 Å². The Bertz CT molecular complexity index is 1510. The van der Waals surface area contributed by atoms with Gasteiger partial charge in [0.1, 0.15) is 29.7 Å². The zero-order chi connectivity index (χ0) is 24.8. The summed E-state index contributed by atoms with van der Waals surface area (Å²) in [6, 6.07) is 26.1. The fourth-order valence-electron chi connectivity index (χ4n) is 3.54. The Morgan fingerprint density at radius 3 is 2.51 bits per heavy atom. The van der Waals surface area contributed by atoms with Crippen LogP contribution in [0.25, 0.3) is 16.8 Å². The number of hydrogen-bond acceptors (Lipinski definition) is 5. The van der Waals surface area contributed by atoms with E-state index in [-0.39, 0.29) is 23.6 Å². The molecule has 1 amide bonds. The largest absolute Gasteiger partial charge is 0.488 e. The van der Waals surface area contributed by atoms with Crippen LogP contribution in [0.5, 0.6) is 5.75 Å². The van der Waals surface area contributed by atoms with Crippen LogP contribution in [0.4, 0.5) is 11.4 Å². The minimum absolute atomic E-state index is 0.00300. The molecule has 0 saturated heterocycles. The molecule has 0 bridgehead atoms. The zero-order valence-electron chi connectivity index (χ0n) is 18.3. The Labute approximate surface area is 206 Å². The van der Waals surface area contributed by atoms with Gasteiger partial charge in [0.15, 0.2) is 0 Å². The highest BCUT2D eigenvalue weighted by atomic mass is 35.5. The number of nitrogens with one attached hydrogen (secondary N) is 1. The molecule has 0 aliphatic rings. The predicted octanol–water partition coefficient (Wildman–Crippen LogP) is 6.53. The fourth-order valence-corrected chi connectivity index (χ4v) is 3.73. The second-order valence-corrected chi connectivity index (χ2v) is 7.88. The number of amides is 1. The van der Waals surface area contributed by atoms with Gasteiger partial charge in [-0.05, 0) is 35.0 Å². The lowest BCUT2D eigenvalue weighted by atomic mass is 10.0. The molecule has 0 atom stereocenters. The summed E-state index contributed by atoms with van der Waals surface area (Å²) in [4.78, 5) is 23.6. The lowest BCUT2D eigenvalue weighted by Crippen LogP contribution is -2.14. The van der Waals surface area contributed by atoms with Gasteiger partial charge in [-0.25, -0.2) is 0 Å². The minimum atomic E-state index is -0.771. The molecule has 8 heteroatoms. The number of hydrogen-bond donors (Lipinski definition) is 1. The van der Waals surface area contributed by atoms with Crippen LogP contribution in [0.15, 0.2) is 90.5 Å². The van der Waals surface area contributed by atoms with Crippen LogP contribution in [0.2, 0.25) is 5.02 Å². The van der Waals surface area contributed by atoms with Gasteiger partial charge < -0.3 is 10.1 Å². The molecule has 0 unspecified atom stereocenters. The van der Waals surface area contributed by atoms with Gasteiger partial charge in [0, 0.05) is 22.2 Å². The standard InChI is InChI=1S/C27H18ClN3O4/c28-23-10-4-2-8-19(23)17-35-26-14-13-18-7-1-3-9-21(18)22(26)15-20(16-29)27(32)30-24-11-5-6-12-25(24)31(33)34/h1-15H,17H2,(H,30,32). The van der Waals surface area contributed by atoms with Gasteiger partial charge >= 0.3 is 0 Å². The second-order valence-electron chi connectivity index (χ2n) is 7.48. The molecule has 0 spiro atoms. The normalized spacial score (nSPS) is 11.0. The van der Waals surface area contributed by atoms with Gasteiger partial charge in [-0.15, -0.1) is 0 Å². The average molecular weight is 484 g/mol. The van der Waals surface area contributed by atoms with E-state index >= 15 is 0 Å². The van der Waals surface area contributed by atoms with E-state index in [1.165, 1.54) is 24.3 Å². The van der Waals surface area contributed by atoms with Crippen LogP contribution in [0.1, 0.15) is 11.1 Å². The van der Waals surface area contributed by atoms with Crippen LogP contribution < -0.4 is 10.1 Å². The van der Waals surface area contributed by atoms with Crippen LogP contribution in [0.3, 0.4) is 0 Å². The van der Waals surface area contributed by atoms with E-state index < -0.39 is 10.8 Å². The molecule has 4 aromatic carbocycles. The topological polar surface area (TPSA) is 105 Å². The molecule has 7 nitrogen and oxygen atoms in total. The first kappa shape index (κ1) is 23.5. The second kappa shape index (κ2) is 10.5. The highest BCUT2D eigenvalue weighted by Crippen LogP contribution is 2.32. The highest BCUT2D eigenvalue weighted by Gasteiger charge is 2.18. The van der Waals surface area contributed by atoms with Crippen LogP contribution in [-0.2, 0) is 11.4 Å². The van der Waals surface area contributed by atoms with Gasteiger partial charge in [0.25, 0.3) is 11.6 Å². The van der Waals surface area contributed by atoms with Crippen molar-refractivity contribution in [2.45, 2.75) is 6.61 Å². The fraction of sp³-hybridized carbons (Fsp3) is 0.0370. The molecule has 172 valence electrons. The van der Waals surface area contributed by atoms with Gasteiger partial charge in [-0.1, -0.05) is 72.3 Å². The monoisotopic (exact) mass is 483 g/mol. The Hall–Kier alpha value is -4.67. The van der Waals surface area contributed by atoms with Crippen molar-refractivity contribution in [3.8, 4) is 11.8 Å². The third kappa shape index (κ3) is 5.29. The lowest BCUT2D eigenvalue weighted by molar-refractivity contribution is -0.383. The number of carbonyl (C=O) groups is 1.